The molecule has 2 aliphatic rings. The fourth-order valence-electron chi connectivity index (χ4n) is 4.05. The fourth-order valence-corrected chi connectivity index (χ4v) is 5.17. The highest BCUT2D eigenvalue weighted by Crippen LogP contribution is 2.39. The third kappa shape index (κ3) is 4.77. The second-order valence-corrected chi connectivity index (χ2v) is 9.36. The number of aromatic nitrogens is 2. The molecule has 1 saturated heterocycles. The molecule has 0 spiro atoms. The molecule has 0 bridgehead atoms. The van der Waals surface area contributed by atoms with Crippen LogP contribution in [-0.2, 0) is 14.3 Å². The highest BCUT2D eigenvalue weighted by atomic mass is 32.2. The highest BCUT2D eigenvalue weighted by Gasteiger charge is 2.41. The summed E-state index contributed by atoms with van der Waals surface area (Å²) in [5, 5.41) is 0.602. The number of rotatable bonds is 5. The van der Waals surface area contributed by atoms with E-state index in [1.807, 2.05) is 19.9 Å². The van der Waals surface area contributed by atoms with Crippen LogP contribution in [0.15, 0.2) is 11.2 Å². The van der Waals surface area contributed by atoms with Crippen LogP contribution >= 0.6 is 11.8 Å². The van der Waals surface area contributed by atoms with Crippen LogP contribution in [-0.4, -0.2) is 33.6 Å². The van der Waals surface area contributed by atoms with Gasteiger partial charge in [0.2, 0.25) is 6.29 Å². The first-order valence-electron chi connectivity index (χ1n) is 9.65. The Morgan fingerprint density at radius 3 is 2.58 bits per heavy atom. The summed E-state index contributed by atoms with van der Waals surface area (Å²) in [5.41, 5.74) is 1.87. The first-order chi connectivity index (χ1) is 12.3. The SMILES string of the molecule is Cc1cc(C)nc(S[C@@H]2CC(=O)O[C@H]2O[C@@H]2C[C@H](C)CC[C@H]2C(C)C)n1. The summed E-state index contributed by atoms with van der Waals surface area (Å²) < 4.78 is 11.9. The zero-order valence-corrected chi connectivity index (χ0v) is 17.2. The number of carbonyl (C=O) groups excluding carboxylic acids is 1. The van der Waals surface area contributed by atoms with E-state index in [1.165, 1.54) is 24.6 Å². The predicted octanol–water partition coefficient (Wildman–Crippen LogP) is 4.30. The average Bonchev–Trinajstić information content (AvgIpc) is 2.85. The van der Waals surface area contributed by atoms with Crippen molar-refractivity contribution < 1.29 is 14.3 Å². The first kappa shape index (κ1) is 19.6. The van der Waals surface area contributed by atoms with Crippen molar-refractivity contribution in [2.24, 2.45) is 17.8 Å². The Bertz CT molecular complexity index is 632. The van der Waals surface area contributed by atoms with E-state index < -0.39 is 6.29 Å². The van der Waals surface area contributed by atoms with Gasteiger partial charge in [-0.1, -0.05) is 39.0 Å². The van der Waals surface area contributed by atoms with Crippen molar-refractivity contribution >= 4 is 17.7 Å². The van der Waals surface area contributed by atoms with Crippen molar-refractivity contribution in [1.29, 1.82) is 0 Å². The van der Waals surface area contributed by atoms with E-state index in [9.17, 15) is 4.79 Å². The van der Waals surface area contributed by atoms with Crippen molar-refractivity contribution in [3.8, 4) is 0 Å². The molecule has 2 fully saturated rings. The molecule has 144 valence electrons. The lowest BCUT2D eigenvalue weighted by molar-refractivity contribution is -0.185. The van der Waals surface area contributed by atoms with Gasteiger partial charge in [-0.25, -0.2) is 9.97 Å². The first-order valence-corrected chi connectivity index (χ1v) is 10.5. The van der Waals surface area contributed by atoms with Gasteiger partial charge < -0.3 is 9.47 Å². The Kier molecular flexibility index (Phi) is 6.23. The number of nitrogens with zero attached hydrogens (tertiary/aromatic N) is 2. The van der Waals surface area contributed by atoms with Crippen LogP contribution in [0, 0.1) is 31.6 Å². The van der Waals surface area contributed by atoms with Crippen molar-refractivity contribution in [1.82, 2.24) is 9.97 Å². The van der Waals surface area contributed by atoms with Gasteiger partial charge in [0.1, 0.15) is 0 Å². The van der Waals surface area contributed by atoms with Crippen molar-refractivity contribution in [2.45, 2.75) is 83.1 Å². The Morgan fingerprint density at radius 1 is 1.23 bits per heavy atom. The predicted molar refractivity (Wildman–Crippen MR) is 102 cm³/mol. The normalized spacial score (nSPS) is 32.1. The van der Waals surface area contributed by atoms with Gasteiger partial charge in [-0.3, -0.25) is 4.79 Å². The van der Waals surface area contributed by atoms with Crippen LogP contribution in [0.1, 0.15) is 57.8 Å². The maximum absolute atomic E-state index is 12.0. The number of carbonyl (C=O) groups is 1. The molecule has 1 saturated carbocycles. The molecule has 3 rings (SSSR count). The molecule has 1 aliphatic carbocycles. The van der Waals surface area contributed by atoms with Gasteiger partial charge in [0.25, 0.3) is 0 Å². The zero-order valence-electron chi connectivity index (χ0n) is 16.4. The second kappa shape index (κ2) is 8.26. The van der Waals surface area contributed by atoms with E-state index in [0.717, 1.165) is 17.8 Å². The van der Waals surface area contributed by atoms with Crippen molar-refractivity contribution in [3.63, 3.8) is 0 Å². The summed E-state index contributed by atoms with van der Waals surface area (Å²) in [5.74, 6) is 1.55. The third-order valence-electron chi connectivity index (χ3n) is 5.41. The summed E-state index contributed by atoms with van der Waals surface area (Å²) in [6.45, 7) is 10.7. The quantitative estimate of drug-likeness (QED) is 0.562. The average molecular weight is 379 g/mol. The molecular formula is C20H30N2O3S. The molecule has 0 radical (unpaired) electrons. The molecule has 2 heterocycles. The lowest BCUT2D eigenvalue weighted by atomic mass is 9.75. The maximum Gasteiger partial charge on any atom is 0.309 e. The standard InChI is InChI=1S/C20H30N2O3S/c1-11(2)15-7-6-12(3)8-16(15)24-19-17(10-18(23)25-19)26-20-21-13(4)9-14(5)22-20/h9,11-12,15-17,19H,6-8,10H2,1-5H3/t12-,15+,16-,17-,19-/m1/s1. The molecule has 6 heteroatoms. The Morgan fingerprint density at radius 2 is 1.92 bits per heavy atom. The van der Waals surface area contributed by atoms with Gasteiger partial charge in [0, 0.05) is 11.4 Å². The molecule has 1 aromatic rings. The summed E-state index contributed by atoms with van der Waals surface area (Å²) in [6, 6.07) is 1.95. The van der Waals surface area contributed by atoms with Crippen LogP contribution in [0.25, 0.3) is 0 Å². The van der Waals surface area contributed by atoms with E-state index in [-0.39, 0.29) is 17.3 Å². The Labute approximate surface area is 160 Å². The molecule has 0 N–H and O–H groups in total. The Balaban J connectivity index is 1.71. The number of thioether (sulfide) groups is 1. The van der Waals surface area contributed by atoms with Crippen LogP contribution in [0.3, 0.4) is 0 Å². The number of aryl methyl sites for hydroxylation is 2. The van der Waals surface area contributed by atoms with Crippen molar-refractivity contribution in [3.05, 3.63) is 17.5 Å². The monoisotopic (exact) mass is 378 g/mol. The van der Waals surface area contributed by atoms with Gasteiger partial charge in [-0.05, 0) is 50.5 Å². The third-order valence-corrected chi connectivity index (χ3v) is 6.49. The zero-order chi connectivity index (χ0) is 18.8. The van der Waals surface area contributed by atoms with Gasteiger partial charge in [-0.15, -0.1) is 0 Å². The summed E-state index contributed by atoms with van der Waals surface area (Å²) in [7, 11) is 0. The van der Waals surface area contributed by atoms with E-state index in [0.29, 0.717) is 29.3 Å². The summed E-state index contributed by atoms with van der Waals surface area (Å²) in [6.07, 6.45) is 3.46. The number of ether oxygens (including phenoxy) is 2. The lowest BCUT2D eigenvalue weighted by Gasteiger charge is -2.38. The number of esters is 1. The molecule has 1 aliphatic heterocycles. The van der Waals surface area contributed by atoms with Crippen LogP contribution in [0.5, 0.6) is 0 Å². The highest BCUT2D eigenvalue weighted by molar-refractivity contribution is 7.99. The second-order valence-electron chi connectivity index (χ2n) is 8.15. The number of hydrogen-bond acceptors (Lipinski definition) is 6. The molecule has 5 atom stereocenters. The summed E-state index contributed by atoms with van der Waals surface area (Å²) >= 11 is 1.50. The molecule has 1 aromatic heterocycles. The van der Waals surface area contributed by atoms with Crippen LogP contribution < -0.4 is 0 Å². The minimum absolute atomic E-state index is 0.0891. The fraction of sp³-hybridized carbons (Fsp3) is 0.750. The summed E-state index contributed by atoms with van der Waals surface area (Å²) in [4.78, 5) is 20.9. The number of hydrogen-bond donors (Lipinski definition) is 0. The topological polar surface area (TPSA) is 61.3 Å². The minimum atomic E-state index is -0.506. The van der Waals surface area contributed by atoms with Gasteiger partial charge in [0.15, 0.2) is 5.16 Å². The molecule has 26 heavy (non-hydrogen) atoms. The largest absolute Gasteiger partial charge is 0.434 e. The molecule has 0 amide bonds. The van der Waals surface area contributed by atoms with Crippen molar-refractivity contribution in [2.75, 3.05) is 0 Å². The van der Waals surface area contributed by atoms with E-state index in [2.05, 4.69) is 30.7 Å². The van der Waals surface area contributed by atoms with Gasteiger partial charge in [0.05, 0.1) is 17.8 Å². The van der Waals surface area contributed by atoms with Gasteiger partial charge >= 0.3 is 5.97 Å². The Hall–Kier alpha value is -1.14. The van der Waals surface area contributed by atoms with Gasteiger partial charge in [-0.2, -0.15) is 0 Å². The van der Waals surface area contributed by atoms with E-state index in [1.54, 1.807) is 0 Å². The smallest absolute Gasteiger partial charge is 0.309 e. The minimum Gasteiger partial charge on any atom is -0.434 e. The van der Waals surface area contributed by atoms with Crippen LogP contribution in [0.2, 0.25) is 0 Å². The number of cyclic esters (lactones) is 1. The van der Waals surface area contributed by atoms with Crippen LogP contribution in [0.4, 0.5) is 0 Å². The molecule has 5 nitrogen and oxygen atoms in total. The van der Waals surface area contributed by atoms with E-state index in [4.69, 9.17) is 9.47 Å². The molecule has 0 aromatic carbocycles. The molecule has 0 unspecified atom stereocenters. The van der Waals surface area contributed by atoms with E-state index >= 15 is 0 Å². The lowest BCUT2D eigenvalue weighted by Crippen LogP contribution is -2.39. The molecular weight excluding hydrogens is 348 g/mol. The maximum atomic E-state index is 12.0.